The first-order valence-electron chi connectivity index (χ1n) is 9.04. The Hall–Kier alpha value is -1.66. The molecule has 1 saturated carbocycles. The maximum Gasteiger partial charge on any atom is 0.357 e. The summed E-state index contributed by atoms with van der Waals surface area (Å²) in [7, 11) is 0. The number of halogens is 1. The number of hydrogen-bond acceptors (Lipinski definition) is 5. The number of carbonyl (C=O) groups is 1. The van der Waals surface area contributed by atoms with E-state index >= 15 is 0 Å². The van der Waals surface area contributed by atoms with E-state index in [9.17, 15) is 14.9 Å². The summed E-state index contributed by atoms with van der Waals surface area (Å²) in [6.45, 7) is 6.48. The highest BCUT2D eigenvalue weighted by Gasteiger charge is 2.64. The first-order chi connectivity index (χ1) is 12.2. The Balaban J connectivity index is 1.64. The normalized spacial score (nSPS) is 33.7. The van der Waals surface area contributed by atoms with Gasteiger partial charge in [0.15, 0.2) is 0 Å². The number of non-ortho nitro benzene ring substituents is 1. The number of ether oxygens (including phenoxy) is 2. The minimum atomic E-state index is -1.53. The van der Waals surface area contributed by atoms with Gasteiger partial charge in [-0.05, 0) is 54.7 Å². The lowest BCUT2D eigenvalue weighted by Crippen LogP contribution is -2.36. The van der Waals surface area contributed by atoms with E-state index in [0.717, 1.165) is 19.3 Å². The first kappa shape index (κ1) is 19.1. The summed E-state index contributed by atoms with van der Waals surface area (Å²) in [5, 5.41) is 9.21. The van der Waals surface area contributed by atoms with Crippen molar-refractivity contribution in [1.82, 2.24) is 0 Å². The van der Waals surface area contributed by atoms with Gasteiger partial charge >= 0.3 is 5.97 Å². The Morgan fingerprint density at radius 1 is 1.35 bits per heavy atom. The van der Waals surface area contributed by atoms with Crippen LogP contribution in [0.3, 0.4) is 0 Å². The van der Waals surface area contributed by atoms with Gasteiger partial charge in [-0.2, -0.15) is 0 Å². The SMILES string of the molecule is CC(C)[C@H]1CC[C@H](C)[C@@H](OC(=O)[C@]2(Cl)O[C@@H]2c2ccc([N+](=O)[O-])cc2)C1. The van der Waals surface area contributed by atoms with Crippen molar-refractivity contribution in [2.75, 3.05) is 0 Å². The maximum atomic E-state index is 12.6. The van der Waals surface area contributed by atoms with E-state index in [-0.39, 0.29) is 11.8 Å². The molecule has 0 amide bonds. The molecule has 1 aliphatic carbocycles. The van der Waals surface area contributed by atoms with E-state index < -0.39 is 22.1 Å². The highest BCUT2D eigenvalue weighted by Crippen LogP contribution is 2.54. The summed E-state index contributed by atoms with van der Waals surface area (Å²) in [4.78, 5) is 22.8. The zero-order valence-electron chi connectivity index (χ0n) is 15.2. The van der Waals surface area contributed by atoms with Crippen molar-refractivity contribution >= 4 is 23.3 Å². The minimum absolute atomic E-state index is 0.0205. The molecule has 7 heteroatoms. The van der Waals surface area contributed by atoms with E-state index in [0.29, 0.717) is 23.3 Å². The lowest BCUT2D eigenvalue weighted by atomic mass is 9.76. The molecule has 0 bridgehead atoms. The summed E-state index contributed by atoms with van der Waals surface area (Å²) >= 11 is 6.33. The monoisotopic (exact) mass is 381 g/mol. The molecule has 142 valence electrons. The largest absolute Gasteiger partial charge is 0.459 e. The van der Waals surface area contributed by atoms with Gasteiger partial charge in [0.25, 0.3) is 10.7 Å². The molecule has 5 atom stereocenters. The number of carbonyl (C=O) groups excluding carboxylic acids is 1. The standard InChI is InChI=1S/C19H24ClNO5/c1-11(2)14-5-4-12(3)16(10-14)25-18(22)19(20)17(26-19)13-6-8-15(9-7-13)21(23)24/h6-9,11-12,14,16-17H,4-5,10H2,1-3H3/t12-,14-,16-,17+,19+/m0/s1. The third-order valence-electron chi connectivity index (χ3n) is 5.62. The second-order valence-corrected chi connectivity index (χ2v) is 8.29. The molecule has 0 N–H and O–H groups in total. The summed E-state index contributed by atoms with van der Waals surface area (Å²) in [5.41, 5.74) is 0.604. The molecule has 0 radical (unpaired) electrons. The molecule has 3 rings (SSSR count). The topological polar surface area (TPSA) is 82.0 Å². The molecule has 1 heterocycles. The Bertz CT molecular complexity index is 692. The van der Waals surface area contributed by atoms with Gasteiger partial charge in [-0.25, -0.2) is 4.79 Å². The minimum Gasteiger partial charge on any atom is -0.459 e. The lowest BCUT2D eigenvalue weighted by Gasteiger charge is -2.35. The molecule has 2 fully saturated rings. The highest BCUT2D eigenvalue weighted by molar-refractivity contribution is 6.35. The highest BCUT2D eigenvalue weighted by atomic mass is 35.5. The van der Waals surface area contributed by atoms with Gasteiger partial charge in [0.05, 0.1) is 4.92 Å². The van der Waals surface area contributed by atoms with Crippen molar-refractivity contribution in [3.8, 4) is 0 Å². The van der Waals surface area contributed by atoms with E-state index in [1.54, 1.807) is 12.1 Å². The molecule has 2 aliphatic rings. The second kappa shape index (κ2) is 7.16. The molecule has 1 aliphatic heterocycles. The molecule has 6 nitrogen and oxygen atoms in total. The van der Waals surface area contributed by atoms with Crippen LogP contribution in [0.15, 0.2) is 24.3 Å². The predicted molar refractivity (Wildman–Crippen MR) is 96.7 cm³/mol. The van der Waals surface area contributed by atoms with Gasteiger partial charge in [-0.1, -0.05) is 32.4 Å². The third kappa shape index (κ3) is 3.71. The summed E-state index contributed by atoms with van der Waals surface area (Å²) < 4.78 is 11.1. The Kier molecular flexibility index (Phi) is 5.26. The van der Waals surface area contributed by atoms with Crippen LogP contribution in [0.1, 0.15) is 51.7 Å². The number of rotatable bonds is 5. The van der Waals surface area contributed by atoms with Gasteiger partial charge in [-0.3, -0.25) is 10.1 Å². The number of alkyl halides is 1. The van der Waals surface area contributed by atoms with Crippen LogP contribution in [0.25, 0.3) is 0 Å². The van der Waals surface area contributed by atoms with E-state index in [4.69, 9.17) is 21.1 Å². The molecular weight excluding hydrogens is 358 g/mol. The third-order valence-corrected chi connectivity index (χ3v) is 6.06. The molecule has 0 aromatic heterocycles. The van der Waals surface area contributed by atoms with Crippen molar-refractivity contribution < 1.29 is 19.2 Å². The van der Waals surface area contributed by atoms with Crippen LogP contribution in [-0.4, -0.2) is 22.1 Å². The van der Waals surface area contributed by atoms with Crippen LogP contribution in [-0.2, 0) is 14.3 Å². The quantitative estimate of drug-likeness (QED) is 0.244. The van der Waals surface area contributed by atoms with Crippen molar-refractivity contribution in [1.29, 1.82) is 0 Å². The number of epoxide rings is 1. The Labute approximate surface area is 158 Å². The van der Waals surface area contributed by atoms with E-state index in [2.05, 4.69) is 20.8 Å². The van der Waals surface area contributed by atoms with Gasteiger partial charge in [0, 0.05) is 12.1 Å². The molecule has 1 saturated heterocycles. The molecule has 0 unspecified atom stereocenters. The second-order valence-electron chi connectivity index (χ2n) is 7.73. The van der Waals surface area contributed by atoms with Gasteiger partial charge in [0.1, 0.15) is 12.2 Å². The van der Waals surface area contributed by atoms with Crippen LogP contribution in [0, 0.1) is 27.9 Å². The van der Waals surface area contributed by atoms with Crippen LogP contribution in [0.4, 0.5) is 5.69 Å². The number of nitro groups is 1. The number of hydrogen-bond donors (Lipinski definition) is 0. The Morgan fingerprint density at radius 3 is 2.58 bits per heavy atom. The summed E-state index contributed by atoms with van der Waals surface area (Å²) in [5.74, 6) is 0.828. The van der Waals surface area contributed by atoms with Gasteiger partial charge < -0.3 is 9.47 Å². The van der Waals surface area contributed by atoms with Crippen molar-refractivity contribution in [2.24, 2.45) is 17.8 Å². The lowest BCUT2D eigenvalue weighted by molar-refractivity contribution is -0.384. The fourth-order valence-corrected chi connectivity index (χ4v) is 3.90. The fourth-order valence-electron chi connectivity index (χ4n) is 3.64. The number of nitro benzene ring substituents is 1. The predicted octanol–water partition coefficient (Wildman–Crippen LogP) is 4.61. The molecule has 1 aromatic rings. The first-order valence-corrected chi connectivity index (χ1v) is 9.42. The maximum absolute atomic E-state index is 12.6. The molecular formula is C19H24ClNO5. The van der Waals surface area contributed by atoms with Crippen molar-refractivity contribution in [3.05, 3.63) is 39.9 Å². The summed E-state index contributed by atoms with van der Waals surface area (Å²) in [6.07, 6.45) is 2.24. The number of nitrogens with zero attached hydrogens (tertiary/aromatic N) is 1. The van der Waals surface area contributed by atoms with E-state index in [1.165, 1.54) is 12.1 Å². The number of benzene rings is 1. The van der Waals surface area contributed by atoms with Crippen LogP contribution >= 0.6 is 11.6 Å². The van der Waals surface area contributed by atoms with Crippen molar-refractivity contribution in [2.45, 2.75) is 57.3 Å². The summed E-state index contributed by atoms with van der Waals surface area (Å²) in [6, 6.07) is 5.85. The average molecular weight is 382 g/mol. The smallest absolute Gasteiger partial charge is 0.357 e. The molecule has 1 aromatic carbocycles. The fraction of sp³-hybridized carbons (Fsp3) is 0.632. The van der Waals surface area contributed by atoms with Crippen LogP contribution in [0.2, 0.25) is 0 Å². The van der Waals surface area contributed by atoms with Crippen molar-refractivity contribution in [3.63, 3.8) is 0 Å². The van der Waals surface area contributed by atoms with Crippen LogP contribution < -0.4 is 0 Å². The van der Waals surface area contributed by atoms with E-state index in [1.807, 2.05) is 0 Å². The number of esters is 1. The zero-order valence-corrected chi connectivity index (χ0v) is 15.9. The zero-order chi connectivity index (χ0) is 19.1. The molecule has 0 spiro atoms. The van der Waals surface area contributed by atoms with Gasteiger partial charge in [-0.15, -0.1) is 0 Å². The molecule has 26 heavy (non-hydrogen) atoms. The average Bonchev–Trinajstić information content (AvgIpc) is 3.30. The van der Waals surface area contributed by atoms with Gasteiger partial charge in [0.2, 0.25) is 0 Å². The van der Waals surface area contributed by atoms with Crippen LogP contribution in [0.5, 0.6) is 0 Å². The Morgan fingerprint density at radius 2 is 2.00 bits per heavy atom.